The first kappa shape index (κ1) is 11.5. The lowest BCUT2D eigenvalue weighted by molar-refractivity contribution is 0.00429. The van der Waals surface area contributed by atoms with Crippen LogP contribution in [0.25, 0.3) is 0 Å². The van der Waals surface area contributed by atoms with Crippen molar-refractivity contribution in [3.05, 3.63) is 28.2 Å². The minimum Gasteiger partial charge on any atom is -0.481 e. The van der Waals surface area contributed by atoms with Gasteiger partial charge in [0.05, 0.1) is 12.0 Å². The Labute approximate surface area is 99.7 Å². The smallest absolute Gasteiger partial charge is 0.172 e. The molecule has 0 saturated heterocycles. The monoisotopic (exact) mass is 290 g/mol. The molecule has 1 heterocycles. The lowest BCUT2D eigenvalue weighted by atomic mass is 9.92. The Morgan fingerprint density at radius 3 is 2.69 bits per heavy atom. The molecule has 2 nitrogen and oxygen atoms in total. The van der Waals surface area contributed by atoms with E-state index in [1.54, 1.807) is 12.1 Å². The van der Waals surface area contributed by atoms with Crippen molar-refractivity contribution in [3.63, 3.8) is 0 Å². The molecule has 0 bridgehead atoms. The normalized spacial score (nSPS) is 17.8. The fourth-order valence-corrected chi connectivity index (χ4v) is 2.01. The van der Waals surface area contributed by atoms with E-state index in [4.69, 9.17) is 4.74 Å². The Morgan fingerprint density at radius 2 is 2.06 bits per heavy atom. The lowest BCUT2D eigenvalue weighted by Gasteiger charge is -2.33. The molecule has 1 aromatic rings. The number of halogens is 3. The first-order valence-corrected chi connectivity index (χ1v) is 5.53. The number of Topliss-reactive ketones (excluding diaryl/α,β-unsaturated/α-hetero) is 1. The van der Waals surface area contributed by atoms with E-state index >= 15 is 0 Å². The van der Waals surface area contributed by atoms with E-state index < -0.39 is 19.0 Å². The van der Waals surface area contributed by atoms with Crippen LogP contribution in [-0.4, -0.2) is 24.7 Å². The molecule has 0 atom stereocenters. The van der Waals surface area contributed by atoms with E-state index in [0.29, 0.717) is 5.56 Å². The zero-order valence-corrected chi connectivity index (χ0v) is 9.89. The van der Waals surface area contributed by atoms with Crippen molar-refractivity contribution < 1.29 is 18.3 Å². The van der Waals surface area contributed by atoms with E-state index in [9.17, 15) is 13.6 Å². The second-order valence-corrected chi connectivity index (χ2v) is 4.71. The molecule has 2 rings (SSSR count). The van der Waals surface area contributed by atoms with Crippen LogP contribution in [0, 0.1) is 0 Å². The standard InChI is InChI=1S/C11H9BrF2O2/c12-7-1-2-10-8(3-7)9(15)4-11(5-13,6-14)16-10/h1-3H,4-6H2. The molecule has 1 aliphatic heterocycles. The summed E-state index contributed by atoms with van der Waals surface area (Å²) in [6, 6.07) is 4.80. The van der Waals surface area contributed by atoms with Crippen LogP contribution >= 0.6 is 15.9 Å². The van der Waals surface area contributed by atoms with E-state index in [1.165, 1.54) is 6.07 Å². The van der Waals surface area contributed by atoms with Gasteiger partial charge in [-0.25, -0.2) is 8.78 Å². The molecule has 0 amide bonds. The molecule has 0 fully saturated rings. The fraction of sp³-hybridized carbons (Fsp3) is 0.364. The Morgan fingerprint density at radius 1 is 1.38 bits per heavy atom. The maximum absolute atomic E-state index is 12.8. The van der Waals surface area contributed by atoms with Gasteiger partial charge >= 0.3 is 0 Å². The molecule has 86 valence electrons. The van der Waals surface area contributed by atoms with Crippen molar-refractivity contribution in [1.82, 2.24) is 0 Å². The van der Waals surface area contributed by atoms with E-state index in [0.717, 1.165) is 4.47 Å². The number of hydrogen-bond donors (Lipinski definition) is 0. The van der Waals surface area contributed by atoms with Crippen LogP contribution in [0.1, 0.15) is 16.8 Å². The molecular weight excluding hydrogens is 282 g/mol. The van der Waals surface area contributed by atoms with Gasteiger partial charge in [0.15, 0.2) is 11.4 Å². The molecule has 1 aromatic carbocycles. The molecule has 5 heteroatoms. The van der Waals surface area contributed by atoms with Gasteiger partial charge < -0.3 is 4.74 Å². The Balaban J connectivity index is 2.44. The Hall–Kier alpha value is -0.970. The predicted molar refractivity (Wildman–Crippen MR) is 58.4 cm³/mol. The lowest BCUT2D eigenvalue weighted by Crippen LogP contribution is -2.46. The molecule has 0 saturated carbocycles. The number of fused-ring (bicyclic) bond motifs is 1. The topological polar surface area (TPSA) is 26.3 Å². The van der Waals surface area contributed by atoms with Crippen molar-refractivity contribution in [2.75, 3.05) is 13.3 Å². The van der Waals surface area contributed by atoms with E-state index in [2.05, 4.69) is 15.9 Å². The van der Waals surface area contributed by atoms with Gasteiger partial charge in [0.25, 0.3) is 0 Å². The number of ketones is 1. The minimum atomic E-state index is -1.63. The molecule has 0 aromatic heterocycles. The van der Waals surface area contributed by atoms with Crippen molar-refractivity contribution in [2.24, 2.45) is 0 Å². The van der Waals surface area contributed by atoms with Crippen molar-refractivity contribution in [3.8, 4) is 5.75 Å². The van der Waals surface area contributed by atoms with E-state index in [1.807, 2.05) is 0 Å². The van der Waals surface area contributed by atoms with Gasteiger partial charge in [-0.1, -0.05) is 15.9 Å². The highest BCUT2D eigenvalue weighted by molar-refractivity contribution is 9.10. The number of carbonyl (C=O) groups excluding carboxylic acids is 1. The first-order valence-electron chi connectivity index (χ1n) is 4.74. The molecule has 0 N–H and O–H groups in total. The third-order valence-electron chi connectivity index (χ3n) is 2.54. The average Bonchev–Trinajstić information content (AvgIpc) is 2.30. The van der Waals surface area contributed by atoms with Crippen molar-refractivity contribution in [2.45, 2.75) is 12.0 Å². The number of carbonyl (C=O) groups is 1. The van der Waals surface area contributed by atoms with Crippen LogP contribution < -0.4 is 4.74 Å². The summed E-state index contributed by atoms with van der Waals surface area (Å²) in [5.41, 5.74) is -1.26. The average molecular weight is 291 g/mol. The molecule has 16 heavy (non-hydrogen) atoms. The number of rotatable bonds is 2. The van der Waals surface area contributed by atoms with Crippen LogP contribution in [0.4, 0.5) is 8.78 Å². The van der Waals surface area contributed by atoms with Crippen LogP contribution in [0.15, 0.2) is 22.7 Å². The Kier molecular flexibility index (Phi) is 2.97. The molecule has 1 aliphatic rings. The predicted octanol–water partition coefficient (Wildman–Crippen LogP) is 3.09. The van der Waals surface area contributed by atoms with Crippen LogP contribution in [0.5, 0.6) is 5.75 Å². The highest BCUT2D eigenvalue weighted by Crippen LogP contribution is 2.35. The summed E-state index contributed by atoms with van der Waals surface area (Å²) in [4.78, 5) is 11.7. The van der Waals surface area contributed by atoms with Crippen molar-refractivity contribution in [1.29, 1.82) is 0 Å². The third-order valence-corrected chi connectivity index (χ3v) is 3.03. The fourth-order valence-electron chi connectivity index (χ4n) is 1.65. The summed E-state index contributed by atoms with van der Waals surface area (Å²) in [5, 5.41) is 0. The van der Waals surface area contributed by atoms with Crippen molar-refractivity contribution >= 4 is 21.7 Å². The molecule has 0 unspecified atom stereocenters. The van der Waals surface area contributed by atoms with Crippen LogP contribution in [-0.2, 0) is 0 Å². The van der Waals surface area contributed by atoms with Gasteiger partial charge in [-0.3, -0.25) is 4.79 Å². The highest BCUT2D eigenvalue weighted by atomic mass is 79.9. The quantitative estimate of drug-likeness (QED) is 0.837. The molecular formula is C11H9BrF2O2. The first-order chi connectivity index (χ1) is 7.60. The van der Waals surface area contributed by atoms with Gasteiger partial charge in [-0.2, -0.15) is 0 Å². The zero-order valence-electron chi connectivity index (χ0n) is 8.30. The summed E-state index contributed by atoms with van der Waals surface area (Å²) in [6.07, 6.45) is -0.260. The summed E-state index contributed by atoms with van der Waals surface area (Å²) in [5.74, 6) is -0.0485. The highest BCUT2D eigenvalue weighted by Gasteiger charge is 2.41. The minimum absolute atomic E-state index is 0.245. The number of benzene rings is 1. The molecule has 0 aliphatic carbocycles. The maximum Gasteiger partial charge on any atom is 0.172 e. The maximum atomic E-state index is 12.8. The zero-order chi connectivity index (χ0) is 11.8. The third kappa shape index (κ3) is 1.84. The van der Waals surface area contributed by atoms with Gasteiger partial charge in [0, 0.05) is 4.47 Å². The second-order valence-electron chi connectivity index (χ2n) is 3.79. The van der Waals surface area contributed by atoms with Crippen LogP contribution in [0.3, 0.4) is 0 Å². The number of hydrogen-bond acceptors (Lipinski definition) is 2. The van der Waals surface area contributed by atoms with Gasteiger partial charge in [0.1, 0.15) is 19.1 Å². The summed E-state index contributed by atoms with van der Waals surface area (Å²) >= 11 is 3.22. The number of ether oxygens (including phenoxy) is 1. The number of alkyl halides is 2. The van der Waals surface area contributed by atoms with Gasteiger partial charge in [-0.15, -0.1) is 0 Å². The SMILES string of the molecule is O=C1CC(CF)(CF)Oc2ccc(Br)cc21. The second kappa shape index (κ2) is 4.13. The van der Waals surface area contributed by atoms with Crippen LogP contribution in [0.2, 0.25) is 0 Å². The van der Waals surface area contributed by atoms with Gasteiger partial charge in [-0.05, 0) is 18.2 Å². The molecule has 0 spiro atoms. The summed E-state index contributed by atoms with van der Waals surface area (Å²) in [7, 11) is 0. The molecule has 0 radical (unpaired) electrons. The largest absolute Gasteiger partial charge is 0.481 e. The van der Waals surface area contributed by atoms with E-state index in [-0.39, 0.29) is 18.0 Å². The summed E-state index contributed by atoms with van der Waals surface area (Å²) < 4.78 is 31.5. The Bertz CT molecular complexity index is 430. The van der Waals surface area contributed by atoms with Gasteiger partial charge in [0.2, 0.25) is 0 Å². The summed E-state index contributed by atoms with van der Waals surface area (Å²) in [6.45, 7) is -2.02.